The molecule has 1 unspecified atom stereocenters. The standard InChI is InChI=1S/C16H18BrN3O/c17-13-3-6-15(19-9-13)10-20-14-4-1-12(2-5-14)16-11-18-7-8-21-16/h1-6,9,16,18,20H,7-8,10-11H2. The maximum Gasteiger partial charge on any atom is 0.0949 e. The van der Waals surface area contributed by atoms with Crippen molar-refractivity contribution in [3.63, 3.8) is 0 Å². The van der Waals surface area contributed by atoms with E-state index >= 15 is 0 Å². The molecule has 1 aliphatic rings. The van der Waals surface area contributed by atoms with E-state index in [0.717, 1.165) is 35.6 Å². The normalized spacial score (nSPS) is 18.4. The van der Waals surface area contributed by atoms with E-state index < -0.39 is 0 Å². The summed E-state index contributed by atoms with van der Waals surface area (Å²) >= 11 is 3.39. The van der Waals surface area contributed by atoms with Crippen molar-refractivity contribution in [3.05, 3.63) is 58.3 Å². The number of benzene rings is 1. The van der Waals surface area contributed by atoms with Crippen molar-refractivity contribution in [2.45, 2.75) is 12.6 Å². The fourth-order valence-corrected chi connectivity index (χ4v) is 2.53. The second-order valence-corrected chi connectivity index (χ2v) is 5.92. The number of hydrogen-bond acceptors (Lipinski definition) is 4. The van der Waals surface area contributed by atoms with Crippen LogP contribution in [0.3, 0.4) is 0 Å². The molecular weight excluding hydrogens is 330 g/mol. The molecule has 1 saturated heterocycles. The van der Waals surface area contributed by atoms with Gasteiger partial charge in [-0.1, -0.05) is 12.1 Å². The zero-order valence-corrected chi connectivity index (χ0v) is 13.3. The molecule has 0 spiro atoms. The molecule has 0 saturated carbocycles. The van der Waals surface area contributed by atoms with Crippen LogP contribution in [0.2, 0.25) is 0 Å². The van der Waals surface area contributed by atoms with Gasteiger partial charge in [-0.3, -0.25) is 4.98 Å². The van der Waals surface area contributed by atoms with Gasteiger partial charge >= 0.3 is 0 Å². The highest BCUT2D eigenvalue weighted by Gasteiger charge is 2.14. The van der Waals surface area contributed by atoms with E-state index in [9.17, 15) is 0 Å². The molecule has 5 heteroatoms. The summed E-state index contributed by atoms with van der Waals surface area (Å²) in [5, 5.41) is 6.72. The molecule has 1 aromatic heterocycles. The van der Waals surface area contributed by atoms with Gasteiger partial charge in [0.25, 0.3) is 0 Å². The minimum absolute atomic E-state index is 0.168. The molecule has 4 nitrogen and oxygen atoms in total. The first kappa shape index (κ1) is 14.5. The number of aromatic nitrogens is 1. The minimum Gasteiger partial charge on any atom is -0.379 e. The van der Waals surface area contributed by atoms with Crippen LogP contribution < -0.4 is 10.6 Å². The molecule has 0 aliphatic carbocycles. The lowest BCUT2D eigenvalue weighted by atomic mass is 10.1. The van der Waals surface area contributed by atoms with Crippen molar-refractivity contribution >= 4 is 21.6 Å². The first-order chi connectivity index (χ1) is 10.3. The Morgan fingerprint density at radius 3 is 2.76 bits per heavy atom. The van der Waals surface area contributed by atoms with Crippen LogP contribution in [0.15, 0.2) is 47.1 Å². The highest BCUT2D eigenvalue weighted by molar-refractivity contribution is 9.10. The van der Waals surface area contributed by atoms with Crippen molar-refractivity contribution in [1.82, 2.24) is 10.3 Å². The Hall–Kier alpha value is -1.43. The summed E-state index contributed by atoms with van der Waals surface area (Å²) in [6.07, 6.45) is 1.98. The predicted octanol–water partition coefficient (Wildman–Crippen LogP) is 3.12. The van der Waals surface area contributed by atoms with Crippen LogP contribution in [0.5, 0.6) is 0 Å². The molecule has 1 fully saturated rings. The third kappa shape index (κ3) is 4.03. The molecule has 110 valence electrons. The Morgan fingerprint density at radius 1 is 1.24 bits per heavy atom. The van der Waals surface area contributed by atoms with Gasteiger partial charge in [0.05, 0.1) is 24.9 Å². The van der Waals surface area contributed by atoms with Crippen molar-refractivity contribution in [3.8, 4) is 0 Å². The number of halogens is 1. The number of morpholine rings is 1. The number of ether oxygens (including phenoxy) is 1. The zero-order chi connectivity index (χ0) is 14.5. The summed E-state index contributed by atoms with van der Waals surface area (Å²) in [5.41, 5.74) is 3.32. The molecule has 3 rings (SSSR count). The average molecular weight is 348 g/mol. The fraction of sp³-hybridized carbons (Fsp3) is 0.312. The highest BCUT2D eigenvalue weighted by Crippen LogP contribution is 2.21. The van der Waals surface area contributed by atoms with Crippen molar-refractivity contribution < 1.29 is 4.74 Å². The Labute approximate surface area is 133 Å². The lowest BCUT2D eigenvalue weighted by Gasteiger charge is -2.24. The lowest BCUT2D eigenvalue weighted by Crippen LogP contribution is -2.33. The monoisotopic (exact) mass is 347 g/mol. The quantitative estimate of drug-likeness (QED) is 0.891. The molecule has 1 aromatic carbocycles. The van der Waals surface area contributed by atoms with Crippen LogP contribution in [0.4, 0.5) is 5.69 Å². The summed E-state index contributed by atoms with van der Waals surface area (Å²) in [6.45, 7) is 3.32. The summed E-state index contributed by atoms with van der Waals surface area (Å²) in [7, 11) is 0. The fourth-order valence-electron chi connectivity index (χ4n) is 2.30. The van der Waals surface area contributed by atoms with Gasteiger partial charge in [0.2, 0.25) is 0 Å². The van der Waals surface area contributed by atoms with Gasteiger partial charge < -0.3 is 15.4 Å². The highest BCUT2D eigenvalue weighted by atomic mass is 79.9. The van der Waals surface area contributed by atoms with Gasteiger partial charge in [0, 0.05) is 29.4 Å². The number of nitrogens with one attached hydrogen (secondary N) is 2. The number of pyridine rings is 1. The van der Waals surface area contributed by atoms with Crippen LogP contribution in [-0.4, -0.2) is 24.7 Å². The number of anilines is 1. The average Bonchev–Trinajstić information content (AvgIpc) is 2.56. The Bertz CT molecular complexity index is 565. The van der Waals surface area contributed by atoms with Gasteiger partial charge in [-0.05, 0) is 45.8 Å². The Balaban J connectivity index is 1.57. The molecule has 0 bridgehead atoms. The van der Waals surface area contributed by atoms with Crippen LogP contribution in [0.1, 0.15) is 17.4 Å². The molecule has 0 radical (unpaired) electrons. The summed E-state index contributed by atoms with van der Waals surface area (Å²) in [6, 6.07) is 12.4. The van der Waals surface area contributed by atoms with Gasteiger partial charge in [-0.2, -0.15) is 0 Å². The molecule has 21 heavy (non-hydrogen) atoms. The van der Waals surface area contributed by atoms with Crippen LogP contribution in [0.25, 0.3) is 0 Å². The van der Waals surface area contributed by atoms with Gasteiger partial charge in [-0.15, -0.1) is 0 Å². The maximum atomic E-state index is 5.75. The minimum atomic E-state index is 0.168. The van der Waals surface area contributed by atoms with Gasteiger partial charge in [0.1, 0.15) is 0 Å². The van der Waals surface area contributed by atoms with E-state index in [0.29, 0.717) is 6.54 Å². The maximum absolute atomic E-state index is 5.75. The van der Waals surface area contributed by atoms with E-state index in [4.69, 9.17) is 4.74 Å². The van der Waals surface area contributed by atoms with Crippen molar-refractivity contribution in [2.75, 3.05) is 25.0 Å². The second-order valence-electron chi connectivity index (χ2n) is 5.01. The van der Waals surface area contributed by atoms with Crippen molar-refractivity contribution in [1.29, 1.82) is 0 Å². The predicted molar refractivity (Wildman–Crippen MR) is 87.3 cm³/mol. The van der Waals surface area contributed by atoms with E-state index in [1.807, 2.05) is 18.3 Å². The molecule has 0 amide bonds. The number of rotatable bonds is 4. The summed E-state index contributed by atoms with van der Waals surface area (Å²) < 4.78 is 6.74. The molecule has 2 N–H and O–H groups in total. The number of hydrogen-bond donors (Lipinski definition) is 2. The molecular formula is C16H18BrN3O. The number of nitrogens with zero attached hydrogens (tertiary/aromatic N) is 1. The molecule has 2 heterocycles. The smallest absolute Gasteiger partial charge is 0.0949 e. The first-order valence-electron chi connectivity index (χ1n) is 7.08. The third-order valence-electron chi connectivity index (χ3n) is 3.47. The van der Waals surface area contributed by atoms with E-state index in [-0.39, 0.29) is 6.10 Å². The largest absolute Gasteiger partial charge is 0.379 e. The summed E-state index contributed by atoms with van der Waals surface area (Å²) in [4.78, 5) is 4.35. The topological polar surface area (TPSA) is 46.2 Å². The van der Waals surface area contributed by atoms with E-state index in [1.165, 1.54) is 5.56 Å². The summed E-state index contributed by atoms with van der Waals surface area (Å²) in [5.74, 6) is 0. The SMILES string of the molecule is Brc1ccc(CNc2ccc(C3CNCCO3)cc2)nc1. The molecule has 1 atom stereocenters. The third-order valence-corrected chi connectivity index (χ3v) is 3.94. The molecule has 2 aromatic rings. The van der Waals surface area contributed by atoms with Crippen LogP contribution in [0, 0.1) is 0 Å². The van der Waals surface area contributed by atoms with Crippen LogP contribution in [-0.2, 0) is 11.3 Å². The van der Waals surface area contributed by atoms with Crippen LogP contribution >= 0.6 is 15.9 Å². The lowest BCUT2D eigenvalue weighted by molar-refractivity contribution is 0.0277. The van der Waals surface area contributed by atoms with Gasteiger partial charge in [0.15, 0.2) is 0 Å². The zero-order valence-electron chi connectivity index (χ0n) is 11.7. The Morgan fingerprint density at radius 2 is 2.10 bits per heavy atom. The van der Waals surface area contributed by atoms with Crippen molar-refractivity contribution in [2.24, 2.45) is 0 Å². The Kier molecular flexibility index (Phi) is 4.85. The second kappa shape index (κ2) is 7.02. The molecule has 1 aliphatic heterocycles. The van der Waals surface area contributed by atoms with E-state index in [2.05, 4.69) is 55.8 Å². The van der Waals surface area contributed by atoms with Gasteiger partial charge in [-0.25, -0.2) is 0 Å². The van der Waals surface area contributed by atoms with E-state index in [1.54, 1.807) is 0 Å². The first-order valence-corrected chi connectivity index (χ1v) is 7.87.